The molecule has 0 bridgehead atoms. The molecule has 2 nitrogen and oxygen atoms in total. The third-order valence-electron chi connectivity index (χ3n) is 6.83. The molecule has 1 saturated carbocycles. The van der Waals surface area contributed by atoms with Crippen LogP contribution in [0.25, 0.3) is 0 Å². The molecule has 0 radical (unpaired) electrons. The largest absolute Gasteiger partial charge is 0.298 e. The van der Waals surface area contributed by atoms with Crippen molar-refractivity contribution in [3.8, 4) is 0 Å². The standard InChI is InChI=1S/C26H36N2.ClH/c1-22-10-9-11-23(20-22)21-26(24-12-5-4-6-13-24)28-18-16-27(17-19-28)25-14-7-2-3-8-15-25;/h4-6,9-13,20,25-26H,2-3,7-8,14-19,21H2,1H3;1H. The lowest BCUT2D eigenvalue weighted by Crippen LogP contribution is -2.51. The van der Waals surface area contributed by atoms with Crippen LogP contribution in [0.5, 0.6) is 0 Å². The Balaban J connectivity index is 0.00000240. The van der Waals surface area contributed by atoms with E-state index in [0.29, 0.717) is 6.04 Å². The quantitative estimate of drug-likeness (QED) is 0.552. The van der Waals surface area contributed by atoms with Crippen molar-refractivity contribution in [1.82, 2.24) is 9.80 Å². The summed E-state index contributed by atoms with van der Waals surface area (Å²) in [5, 5.41) is 0. The van der Waals surface area contributed by atoms with Crippen LogP contribution in [0.4, 0.5) is 0 Å². The van der Waals surface area contributed by atoms with Gasteiger partial charge in [-0.1, -0.05) is 85.8 Å². The molecule has 0 aromatic heterocycles. The van der Waals surface area contributed by atoms with Gasteiger partial charge in [-0.2, -0.15) is 0 Å². The Kier molecular flexibility index (Phi) is 8.59. The molecule has 1 heterocycles. The minimum absolute atomic E-state index is 0. The van der Waals surface area contributed by atoms with Crippen molar-refractivity contribution in [3.63, 3.8) is 0 Å². The molecule has 2 aliphatic rings. The van der Waals surface area contributed by atoms with Crippen LogP contribution in [-0.2, 0) is 6.42 Å². The zero-order chi connectivity index (χ0) is 19.2. The summed E-state index contributed by atoms with van der Waals surface area (Å²) in [6.07, 6.45) is 9.72. The third-order valence-corrected chi connectivity index (χ3v) is 6.83. The van der Waals surface area contributed by atoms with Crippen LogP contribution in [-0.4, -0.2) is 42.0 Å². The van der Waals surface area contributed by atoms with Crippen LogP contribution in [0.15, 0.2) is 54.6 Å². The maximum Gasteiger partial charge on any atom is 0.0389 e. The van der Waals surface area contributed by atoms with Gasteiger partial charge in [0.25, 0.3) is 0 Å². The first-order valence-electron chi connectivity index (χ1n) is 11.4. The molecule has 1 saturated heterocycles. The van der Waals surface area contributed by atoms with Gasteiger partial charge in [-0.15, -0.1) is 12.4 Å². The van der Waals surface area contributed by atoms with Crippen molar-refractivity contribution >= 4 is 12.4 Å². The molecule has 0 N–H and O–H groups in total. The van der Waals surface area contributed by atoms with Crippen molar-refractivity contribution in [2.24, 2.45) is 0 Å². The van der Waals surface area contributed by atoms with Crippen LogP contribution in [0.3, 0.4) is 0 Å². The highest BCUT2D eigenvalue weighted by Gasteiger charge is 2.28. The summed E-state index contributed by atoms with van der Waals surface area (Å²) in [7, 11) is 0. The van der Waals surface area contributed by atoms with E-state index in [4.69, 9.17) is 0 Å². The zero-order valence-electron chi connectivity index (χ0n) is 17.9. The fourth-order valence-electron chi connectivity index (χ4n) is 5.23. The minimum atomic E-state index is 0. The Morgan fingerprint density at radius 2 is 1.52 bits per heavy atom. The maximum absolute atomic E-state index is 2.80. The number of rotatable bonds is 5. The Morgan fingerprint density at radius 3 is 2.17 bits per heavy atom. The van der Waals surface area contributed by atoms with Crippen molar-refractivity contribution in [1.29, 1.82) is 0 Å². The molecule has 2 fully saturated rings. The molecule has 4 rings (SSSR count). The Morgan fingerprint density at radius 1 is 0.828 bits per heavy atom. The van der Waals surface area contributed by atoms with E-state index in [9.17, 15) is 0 Å². The van der Waals surface area contributed by atoms with Gasteiger partial charge >= 0.3 is 0 Å². The van der Waals surface area contributed by atoms with Crippen molar-refractivity contribution < 1.29 is 0 Å². The molecule has 0 amide bonds. The number of aryl methyl sites for hydroxylation is 1. The van der Waals surface area contributed by atoms with Gasteiger partial charge in [0.1, 0.15) is 0 Å². The monoisotopic (exact) mass is 412 g/mol. The second-order valence-electron chi connectivity index (χ2n) is 8.84. The topological polar surface area (TPSA) is 6.48 Å². The molecule has 2 aromatic carbocycles. The summed E-state index contributed by atoms with van der Waals surface area (Å²) in [6.45, 7) is 7.07. The summed E-state index contributed by atoms with van der Waals surface area (Å²) in [5.74, 6) is 0. The average Bonchev–Trinajstić information content (AvgIpc) is 3.03. The molecule has 29 heavy (non-hydrogen) atoms. The van der Waals surface area contributed by atoms with Gasteiger partial charge in [-0.3, -0.25) is 9.80 Å². The maximum atomic E-state index is 2.80. The van der Waals surface area contributed by atoms with E-state index in [1.165, 1.54) is 81.4 Å². The van der Waals surface area contributed by atoms with E-state index in [-0.39, 0.29) is 12.4 Å². The molecule has 1 aliphatic carbocycles. The van der Waals surface area contributed by atoms with Gasteiger partial charge in [0.2, 0.25) is 0 Å². The van der Waals surface area contributed by atoms with Gasteiger partial charge < -0.3 is 0 Å². The number of nitrogens with zero attached hydrogens (tertiary/aromatic N) is 2. The molecule has 1 atom stereocenters. The first-order chi connectivity index (χ1) is 13.8. The summed E-state index contributed by atoms with van der Waals surface area (Å²) >= 11 is 0. The average molecular weight is 413 g/mol. The number of halogens is 1. The first-order valence-corrected chi connectivity index (χ1v) is 11.4. The number of piperazine rings is 1. The highest BCUT2D eigenvalue weighted by molar-refractivity contribution is 5.85. The minimum Gasteiger partial charge on any atom is -0.298 e. The van der Waals surface area contributed by atoms with Crippen LogP contribution in [0.2, 0.25) is 0 Å². The van der Waals surface area contributed by atoms with Gasteiger partial charge in [0, 0.05) is 38.3 Å². The van der Waals surface area contributed by atoms with Crippen LogP contribution in [0.1, 0.15) is 61.3 Å². The molecule has 2 aromatic rings. The van der Waals surface area contributed by atoms with Crippen molar-refractivity contribution in [2.75, 3.05) is 26.2 Å². The molecule has 1 aliphatic heterocycles. The Labute approximate surface area is 183 Å². The first kappa shape index (κ1) is 22.3. The van der Waals surface area contributed by atoms with Crippen molar-refractivity contribution in [2.45, 2.75) is 64.0 Å². The van der Waals surface area contributed by atoms with E-state index < -0.39 is 0 Å². The van der Waals surface area contributed by atoms with E-state index in [2.05, 4.69) is 71.3 Å². The van der Waals surface area contributed by atoms with Gasteiger partial charge in [-0.25, -0.2) is 0 Å². The lowest BCUT2D eigenvalue weighted by atomic mass is 9.95. The van der Waals surface area contributed by atoms with E-state index >= 15 is 0 Å². The van der Waals surface area contributed by atoms with Gasteiger partial charge in [0.05, 0.1) is 0 Å². The highest BCUT2D eigenvalue weighted by Crippen LogP contribution is 2.29. The second-order valence-corrected chi connectivity index (χ2v) is 8.84. The lowest BCUT2D eigenvalue weighted by molar-refractivity contribution is 0.0633. The summed E-state index contributed by atoms with van der Waals surface area (Å²) in [5.41, 5.74) is 4.29. The van der Waals surface area contributed by atoms with Crippen LogP contribution in [0, 0.1) is 6.92 Å². The predicted octanol–water partition coefficient (Wildman–Crippen LogP) is 6.04. The normalized spacial score (nSPS) is 20.6. The fraction of sp³-hybridized carbons (Fsp3) is 0.538. The predicted molar refractivity (Wildman–Crippen MR) is 126 cm³/mol. The SMILES string of the molecule is Cc1cccc(CC(c2ccccc2)N2CCN(C3CCCCCC3)CC2)c1.Cl. The van der Waals surface area contributed by atoms with E-state index in [1.807, 2.05) is 0 Å². The van der Waals surface area contributed by atoms with Gasteiger partial charge in [0.15, 0.2) is 0 Å². The molecule has 0 spiro atoms. The summed E-state index contributed by atoms with van der Waals surface area (Å²) in [6, 6.07) is 21.6. The van der Waals surface area contributed by atoms with E-state index in [1.54, 1.807) is 0 Å². The third kappa shape index (κ3) is 6.07. The molecule has 1 unspecified atom stereocenters. The number of benzene rings is 2. The fourth-order valence-corrected chi connectivity index (χ4v) is 5.23. The van der Waals surface area contributed by atoms with Crippen molar-refractivity contribution in [3.05, 3.63) is 71.3 Å². The highest BCUT2D eigenvalue weighted by atomic mass is 35.5. The van der Waals surface area contributed by atoms with Crippen LogP contribution >= 0.6 is 12.4 Å². The smallest absolute Gasteiger partial charge is 0.0389 e. The van der Waals surface area contributed by atoms with Gasteiger partial charge in [-0.05, 0) is 37.3 Å². The second kappa shape index (κ2) is 11.2. The summed E-state index contributed by atoms with van der Waals surface area (Å²) in [4.78, 5) is 5.54. The number of hydrogen-bond acceptors (Lipinski definition) is 2. The molecular formula is C26H37ClN2. The lowest BCUT2D eigenvalue weighted by Gasteiger charge is -2.42. The Hall–Kier alpha value is -1.35. The summed E-state index contributed by atoms with van der Waals surface area (Å²) < 4.78 is 0. The van der Waals surface area contributed by atoms with Crippen LogP contribution < -0.4 is 0 Å². The molecule has 158 valence electrons. The Bertz CT molecular complexity index is 716. The van der Waals surface area contributed by atoms with E-state index in [0.717, 1.165) is 12.5 Å². The zero-order valence-corrected chi connectivity index (χ0v) is 18.7. The number of hydrogen-bond donors (Lipinski definition) is 0. The molecule has 3 heteroatoms. The molecular weight excluding hydrogens is 376 g/mol.